The van der Waals surface area contributed by atoms with Crippen molar-refractivity contribution < 1.29 is 13.6 Å². The van der Waals surface area contributed by atoms with Crippen LogP contribution in [0.2, 0.25) is 0 Å². The molecule has 0 atom stereocenters. The molecule has 0 unspecified atom stereocenters. The molecule has 6 heteroatoms. The van der Waals surface area contributed by atoms with Gasteiger partial charge in [0.1, 0.15) is 11.6 Å². The molecular formula is C16H10F2N2OS. The van der Waals surface area contributed by atoms with Crippen molar-refractivity contribution in [3.05, 3.63) is 71.9 Å². The third kappa shape index (κ3) is 3.01. The molecule has 1 heterocycles. The van der Waals surface area contributed by atoms with Crippen molar-refractivity contribution >= 4 is 22.4 Å². The predicted molar refractivity (Wildman–Crippen MR) is 81.9 cm³/mol. The van der Waals surface area contributed by atoms with Gasteiger partial charge in [-0.2, -0.15) is 0 Å². The second-order valence-corrected chi connectivity index (χ2v) is 5.50. The summed E-state index contributed by atoms with van der Waals surface area (Å²) in [6, 6.07) is 12.4. The normalized spacial score (nSPS) is 10.5. The first-order chi connectivity index (χ1) is 10.6. The molecule has 1 amide bonds. The maximum absolute atomic E-state index is 13.6. The van der Waals surface area contributed by atoms with E-state index in [2.05, 4.69) is 10.3 Å². The molecule has 0 aliphatic carbocycles. The first kappa shape index (κ1) is 14.3. The van der Waals surface area contributed by atoms with Gasteiger partial charge >= 0.3 is 0 Å². The second-order valence-electron chi connectivity index (χ2n) is 4.47. The van der Waals surface area contributed by atoms with Gasteiger partial charge in [-0.15, -0.1) is 0 Å². The van der Waals surface area contributed by atoms with Crippen LogP contribution in [0.3, 0.4) is 0 Å². The molecule has 3 nitrogen and oxygen atoms in total. The molecule has 1 aromatic heterocycles. The lowest BCUT2D eigenvalue weighted by Crippen LogP contribution is -2.13. The molecule has 0 aliphatic heterocycles. The Morgan fingerprint density at radius 2 is 1.86 bits per heavy atom. The summed E-state index contributed by atoms with van der Waals surface area (Å²) in [5.74, 6) is -2.29. The molecule has 3 rings (SSSR count). The first-order valence-corrected chi connectivity index (χ1v) is 7.23. The summed E-state index contributed by atoms with van der Waals surface area (Å²) in [7, 11) is 0. The highest BCUT2D eigenvalue weighted by molar-refractivity contribution is 7.19. The number of anilines is 1. The minimum atomic E-state index is -0.905. The third-order valence-electron chi connectivity index (χ3n) is 2.96. The van der Waals surface area contributed by atoms with Gasteiger partial charge in [0, 0.05) is 12.3 Å². The van der Waals surface area contributed by atoms with Gasteiger partial charge < -0.3 is 0 Å². The van der Waals surface area contributed by atoms with E-state index in [4.69, 9.17) is 0 Å². The van der Waals surface area contributed by atoms with Crippen LogP contribution in [-0.4, -0.2) is 10.9 Å². The summed E-state index contributed by atoms with van der Waals surface area (Å²) in [5.41, 5.74) is 0.756. The highest BCUT2D eigenvalue weighted by atomic mass is 32.1. The first-order valence-electron chi connectivity index (χ1n) is 6.41. The van der Waals surface area contributed by atoms with E-state index in [1.807, 2.05) is 30.3 Å². The fraction of sp³-hybridized carbons (Fsp3) is 0. The molecule has 2 aromatic carbocycles. The van der Waals surface area contributed by atoms with Crippen molar-refractivity contribution in [2.24, 2.45) is 0 Å². The Balaban J connectivity index is 1.79. The summed E-state index contributed by atoms with van der Waals surface area (Å²) in [6.07, 6.45) is 1.64. The number of hydrogen-bond acceptors (Lipinski definition) is 3. The van der Waals surface area contributed by atoms with Crippen LogP contribution in [-0.2, 0) is 0 Å². The van der Waals surface area contributed by atoms with Crippen LogP contribution in [0.4, 0.5) is 13.9 Å². The lowest BCUT2D eigenvalue weighted by atomic mass is 10.2. The monoisotopic (exact) mass is 316 g/mol. The van der Waals surface area contributed by atoms with Gasteiger partial charge in [0.15, 0.2) is 5.13 Å². The molecule has 0 saturated heterocycles. The van der Waals surface area contributed by atoms with Gasteiger partial charge in [0.2, 0.25) is 0 Å². The van der Waals surface area contributed by atoms with Crippen molar-refractivity contribution in [3.63, 3.8) is 0 Å². The number of thiazole rings is 1. The fourth-order valence-electron chi connectivity index (χ4n) is 1.91. The van der Waals surface area contributed by atoms with E-state index in [-0.39, 0.29) is 5.56 Å². The average Bonchev–Trinajstić information content (AvgIpc) is 2.96. The lowest BCUT2D eigenvalue weighted by molar-refractivity contribution is 0.102. The van der Waals surface area contributed by atoms with Crippen molar-refractivity contribution in [3.8, 4) is 10.4 Å². The molecule has 3 aromatic rings. The van der Waals surface area contributed by atoms with Gasteiger partial charge in [0.25, 0.3) is 5.91 Å². The van der Waals surface area contributed by atoms with E-state index < -0.39 is 17.5 Å². The highest BCUT2D eigenvalue weighted by Crippen LogP contribution is 2.28. The summed E-state index contributed by atoms with van der Waals surface area (Å²) in [5, 5.41) is 2.87. The van der Waals surface area contributed by atoms with E-state index in [1.54, 1.807) is 6.20 Å². The van der Waals surface area contributed by atoms with Crippen LogP contribution in [0.15, 0.2) is 54.7 Å². The molecular weight excluding hydrogens is 306 g/mol. The highest BCUT2D eigenvalue weighted by Gasteiger charge is 2.14. The molecule has 0 spiro atoms. The Morgan fingerprint density at radius 3 is 2.59 bits per heavy atom. The number of amides is 1. The number of carbonyl (C=O) groups excluding carboxylic acids is 1. The van der Waals surface area contributed by atoms with Gasteiger partial charge in [0.05, 0.1) is 10.4 Å². The topological polar surface area (TPSA) is 42.0 Å². The molecule has 22 heavy (non-hydrogen) atoms. The van der Waals surface area contributed by atoms with Crippen LogP contribution in [0.5, 0.6) is 0 Å². The quantitative estimate of drug-likeness (QED) is 0.781. The lowest BCUT2D eigenvalue weighted by Gasteiger charge is -2.03. The van der Waals surface area contributed by atoms with E-state index in [0.717, 1.165) is 22.6 Å². The zero-order valence-corrected chi connectivity index (χ0v) is 12.0. The number of hydrogen-bond donors (Lipinski definition) is 1. The molecule has 1 N–H and O–H groups in total. The number of nitrogens with one attached hydrogen (secondary N) is 1. The smallest absolute Gasteiger partial charge is 0.260 e. The zero-order valence-electron chi connectivity index (χ0n) is 11.2. The van der Waals surface area contributed by atoms with Gasteiger partial charge in [-0.3, -0.25) is 10.1 Å². The minimum Gasteiger partial charge on any atom is -0.298 e. The molecule has 0 saturated carbocycles. The Hall–Kier alpha value is -2.60. The zero-order chi connectivity index (χ0) is 15.5. The number of rotatable bonds is 3. The summed E-state index contributed by atoms with van der Waals surface area (Å²) < 4.78 is 26.4. The SMILES string of the molecule is O=C(Nc1ncc(-c2ccccc2)s1)c1ccc(F)cc1F. The van der Waals surface area contributed by atoms with Crippen LogP contribution in [0.25, 0.3) is 10.4 Å². The Morgan fingerprint density at radius 1 is 1.09 bits per heavy atom. The third-order valence-corrected chi connectivity index (χ3v) is 3.92. The Labute approximate surface area is 129 Å². The second kappa shape index (κ2) is 6.03. The molecule has 0 bridgehead atoms. The fourth-order valence-corrected chi connectivity index (χ4v) is 2.72. The van der Waals surface area contributed by atoms with E-state index >= 15 is 0 Å². The number of aromatic nitrogens is 1. The summed E-state index contributed by atoms with van der Waals surface area (Å²) in [6.45, 7) is 0. The molecule has 0 radical (unpaired) electrons. The Bertz CT molecular complexity index is 818. The van der Waals surface area contributed by atoms with Crippen LogP contribution < -0.4 is 5.32 Å². The van der Waals surface area contributed by atoms with Gasteiger partial charge in [-0.25, -0.2) is 13.8 Å². The average molecular weight is 316 g/mol. The van der Waals surface area contributed by atoms with E-state index in [1.165, 1.54) is 11.3 Å². The molecule has 0 aliphatic rings. The summed E-state index contributed by atoms with van der Waals surface area (Å²) in [4.78, 5) is 17.0. The van der Waals surface area contributed by atoms with Gasteiger partial charge in [-0.05, 0) is 17.7 Å². The van der Waals surface area contributed by atoms with Crippen molar-refractivity contribution in [2.45, 2.75) is 0 Å². The van der Waals surface area contributed by atoms with Crippen LogP contribution in [0.1, 0.15) is 10.4 Å². The number of halogens is 2. The van der Waals surface area contributed by atoms with Crippen molar-refractivity contribution in [2.75, 3.05) is 5.32 Å². The largest absolute Gasteiger partial charge is 0.298 e. The molecule has 110 valence electrons. The van der Waals surface area contributed by atoms with E-state index in [0.29, 0.717) is 11.2 Å². The van der Waals surface area contributed by atoms with Crippen molar-refractivity contribution in [1.82, 2.24) is 4.98 Å². The summed E-state index contributed by atoms with van der Waals surface area (Å²) >= 11 is 1.28. The van der Waals surface area contributed by atoms with E-state index in [9.17, 15) is 13.6 Å². The van der Waals surface area contributed by atoms with Gasteiger partial charge in [-0.1, -0.05) is 41.7 Å². The minimum absolute atomic E-state index is 0.224. The predicted octanol–water partition coefficient (Wildman–Crippen LogP) is 4.34. The number of benzene rings is 2. The van der Waals surface area contributed by atoms with Crippen molar-refractivity contribution in [1.29, 1.82) is 0 Å². The maximum Gasteiger partial charge on any atom is 0.260 e. The number of carbonyl (C=O) groups is 1. The number of nitrogens with zero attached hydrogens (tertiary/aromatic N) is 1. The maximum atomic E-state index is 13.6. The standard InChI is InChI=1S/C16H10F2N2OS/c17-11-6-7-12(13(18)8-11)15(21)20-16-19-9-14(22-16)10-4-2-1-3-5-10/h1-9H,(H,19,20,21). The van der Waals surface area contributed by atoms with Crippen LogP contribution in [0, 0.1) is 11.6 Å². The molecule has 0 fully saturated rings. The Kier molecular flexibility index (Phi) is 3.93. The van der Waals surface area contributed by atoms with Crippen LogP contribution >= 0.6 is 11.3 Å².